The number of fused-ring (bicyclic) bond motifs is 2. The van der Waals surface area contributed by atoms with Gasteiger partial charge in [-0.05, 0) is 37.1 Å². The second-order valence-electron chi connectivity index (χ2n) is 7.10. The van der Waals surface area contributed by atoms with Gasteiger partial charge in [0.15, 0.2) is 11.5 Å². The van der Waals surface area contributed by atoms with Gasteiger partial charge in [-0.3, -0.25) is 14.3 Å². The highest BCUT2D eigenvalue weighted by atomic mass is 31.2. The lowest BCUT2D eigenvalue weighted by Crippen LogP contribution is -2.42. The smallest absolute Gasteiger partial charge is 0.412 e. The number of benzene rings is 1. The summed E-state index contributed by atoms with van der Waals surface area (Å²) < 4.78 is 16.2. The Morgan fingerprint density at radius 2 is 1.72 bits per heavy atom. The van der Waals surface area contributed by atoms with Crippen molar-refractivity contribution in [1.29, 1.82) is 0 Å². The third-order valence-corrected chi connectivity index (χ3v) is 5.28. The molecule has 1 unspecified atom stereocenters. The van der Waals surface area contributed by atoms with Gasteiger partial charge in [-0.15, -0.1) is 0 Å². The zero-order valence-corrected chi connectivity index (χ0v) is 17.9. The van der Waals surface area contributed by atoms with E-state index in [0.29, 0.717) is 11.0 Å². The summed E-state index contributed by atoms with van der Waals surface area (Å²) in [5.74, 6) is -0.142. The van der Waals surface area contributed by atoms with E-state index < -0.39 is 50.5 Å². The Kier molecular flexibility index (Phi) is 7.65. The van der Waals surface area contributed by atoms with E-state index in [1.54, 1.807) is 12.1 Å². The number of aryl methyl sites for hydroxylation is 2. The topological polar surface area (TPSA) is 240 Å². The first-order valence-corrected chi connectivity index (χ1v) is 10.6. The lowest BCUT2D eigenvalue weighted by molar-refractivity contribution is -0.0793. The maximum atomic E-state index is 12.2. The van der Waals surface area contributed by atoms with Gasteiger partial charge in [-0.25, -0.2) is 14.3 Å². The lowest BCUT2D eigenvalue weighted by Gasteiger charge is -2.25. The Morgan fingerprint density at radius 3 is 2.34 bits per heavy atom. The van der Waals surface area contributed by atoms with Crippen LogP contribution in [0, 0.1) is 13.8 Å². The highest BCUT2D eigenvalue weighted by molar-refractivity contribution is 7.46. The minimum absolute atomic E-state index is 0. The second kappa shape index (κ2) is 9.52. The molecule has 0 spiro atoms. The van der Waals surface area contributed by atoms with Crippen molar-refractivity contribution in [2.75, 3.05) is 6.61 Å². The van der Waals surface area contributed by atoms with E-state index in [1.807, 2.05) is 18.8 Å². The molecule has 0 aromatic heterocycles. The number of aromatic nitrogens is 4. The summed E-state index contributed by atoms with van der Waals surface area (Å²) in [6.07, 6.45) is -5.40. The molecule has 176 valence electrons. The van der Waals surface area contributed by atoms with E-state index >= 15 is 0 Å². The summed E-state index contributed by atoms with van der Waals surface area (Å²) in [5.41, 5.74) is 0.618. The van der Waals surface area contributed by atoms with Gasteiger partial charge < -0.3 is 35.1 Å². The van der Waals surface area contributed by atoms with Crippen molar-refractivity contribution >= 4 is 18.9 Å². The summed E-state index contributed by atoms with van der Waals surface area (Å²) in [5, 5.41) is 30.5. The minimum Gasteiger partial charge on any atom is -0.412 e. The monoisotopic (exact) mass is 474 g/mol. The lowest BCUT2D eigenvalue weighted by atomic mass is 10.1. The van der Waals surface area contributed by atoms with Crippen LogP contribution in [-0.2, 0) is 15.6 Å². The maximum absolute atomic E-state index is 12.2. The largest absolute Gasteiger partial charge is 0.469 e. The molecular formula is C17H23N4O10P. The van der Waals surface area contributed by atoms with Gasteiger partial charge in [0, 0.05) is 0 Å². The summed E-state index contributed by atoms with van der Waals surface area (Å²) >= 11 is 0. The number of nitrogens with one attached hydrogen (secondary N) is 1. The van der Waals surface area contributed by atoms with Crippen LogP contribution in [-0.4, -0.2) is 75.0 Å². The average molecular weight is 474 g/mol. The number of hydrogen-bond acceptors (Lipinski definition) is 9. The third-order valence-electron chi connectivity index (χ3n) is 4.80. The molecule has 0 radical (unpaired) electrons. The van der Waals surface area contributed by atoms with Crippen molar-refractivity contribution in [3.05, 3.63) is 44.1 Å². The Balaban J connectivity index is 0.00000363. The molecule has 1 aromatic rings. The van der Waals surface area contributed by atoms with Gasteiger partial charge in [-0.1, -0.05) is 0 Å². The Hall–Kier alpha value is -2.55. The third kappa shape index (κ3) is 5.43. The van der Waals surface area contributed by atoms with Crippen LogP contribution in [0.2, 0.25) is 0 Å². The fourth-order valence-corrected chi connectivity index (χ4v) is 3.41. The molecule has 2 aliphatic heterocycles. The number of rotatable bonds is 7. The Bertz CT molecular complexity index is 1250. The van der Waals surface area contributed by atoms with Crippen LogP contribution in [0.15, 0.2) is 21.7 Å². The number of H-pyrrole nitrogens is 1. The van der Waals surface area contributed by atoms with Crippen molar-refractivity contribution in [3.8, 4) is 11.5 Å². The van der Waals surface area contributed by atoms with E-state index in [2.05, 4.69) is 14.5 Å². The number of hydrogen-bond donors (Lipinski definition) is 6. The maximum Gasteiger partial charge on any atom is 0.469 e. The Morgan fingerprint density at radius 1 is 1.09 bits per heavy atom. The molecule has 8 N–H and O–H groups in total. The molecule has 0 fully saturated rings. The van der Waals surface area contributed by atoms with E-state index in [4.69, 9.17) is 9.79 Å². The normalized spacial score (nSPS) is 14.8. The molecule has 1 aromatic carbocycles. The zero-order valence-electron chi connectivity index (χ0n) is 17.0. The molecule has 32 heavy (non-hydrogen) atoms. The molecule has 0 aliphatic carbocycles. The van der Waals surface area contributed by atoms with Crippen LogP contribution < -0.4 is 11.2 Å². The molecular weight excluding hydrogens is 451 g/mol. The average Bonchev–Trinajstić information content (AvgIpc) is 2.67. The van der Waals surface area contributed by atoms with Gasteiger partial charge in [0.1, 0.15) is 18.3 Å². The van der Waals surface area contributed by atoms with Crippen molar-refractivity contribution in [1.82, 2.24) is 19.5 Å². The van der Waals surface area contributed by atoms with Crippen LogP contribution in [0.5, 0.6) is 0 Å². The first-order chi connectivity index (χ1) is 14.4. The standard InChI is InChI=1S/C17H21N4O9P.H2O/c1-7-3-9-10(4-8(7)2)21(15-13(18-9)16(25)20-17(26)19-15)5-11(22)14(24)12(23)6-30-31(27,28)29;/h3-4,11-12,14,22-24H,5-6H2,1-2H3,(H,20,25,26)(H2,27,28,29);1H2/t11-,12-,14?;/m0./s1. The quantitative estimate of drug-likeness (QED) is 0.155. The zero-order chi connectivity index (χ0) is 23.1. The molecule has 0 bridgehead atoms. The molecule has 0 amide bonds. The molecule has 0 saturated heterocycles. The van der Waals surface area contributed by atoms with Crippen molar-refractivity contribution in [2.45, 2.75) is 38.7 Å². The van der Waals surface area contributed by atoms with Crippen LogP contribution >= 0.6 is 7.82 Å². The van der Waals surface area contributed by atoms with E-state index in [-0.39, 0.29) is 17.0 Å². The van der Waals surface area contributed by atoms with Gasteiger partial charge >= 0.3 is 13.5 Å². The number of phosphoric acid groups is 1. The van der Waals surface area contributed by atoms with E-state index in [1.165, 1.54) is 4.57 Å². The first-order valence-electron chi connectivity index (χ1n) is 9.03. The van der Waals surface area contributed by atoms with E-state index in [0.717, 1.165) is 11.1 Å². The molecule has 14 nitrogen and oxygen atoms in total. The van der Waals surface area contributed by atoms with Crippen molar-refractivity contribution < 1.29 is 39.7 Å². The highest BCUT2D eigenvalue weighted by Crippen LogP contribution is 2.36. The molecule has 3 rings (SSSR count). The van der Waals surface area contributed by atoms with Gasteiger partial charge in [-0.2, -0.15) is 4.98 Å². The molecule has 2 aliphatic rings. The Labute approximate surface area is 179 Å². The van der Waals surface area contributed by atoms with Crippen molar-refractivity contribution in [2.24, 2.45) is 0 Å². The number of nitrogens with zero attached hydrogens (tertiary/aromatic N) is 3. The SMILES string of the molecule is Cc1cc2nc3c(=O)[nH]c(=O)nc-3n(C[C@H](O)C(O)[C@@H](O)COP(=O)(O)O)c2cc1C.O. The van der Waals surface area contributed by atoms with Gasteiger partial charge in [0.25, 0.3) is 5.56 Å². The number of aromatic amines is 1. The molecule has 3 atom stereocenters. The summed E-state index contributed by atoms with van der Waals surface area (Å²) in [4.78, 5) is 51.5. The second-order valence-corrected chi connectivity index (χ2v) is 8.34. The fraction of sp³-hybridized carbons (Fsp3) is 0.412. The number of aliphatic hydroxyl groups is 3. The predicted octanol–water partition coefficient (Wildman–Crippen LogP) is -2.43. The van der Waals surface area contributed by atoms with E-state index in [9.17, 15) is 29.5 Å². The predicted molar refractivity (Wildman–Crippen MR) is 110 cm³/mol. The minimum atomic E-state index is -4.89. The van der Waals surface area contributed by atoms with Crippen LogP contribution in [0.1, 0.15) is 11.1 Å². The highest BCUT2D eigenvalue weighted by Gasteiger charge is 2.29. The first kappa shape index (κ1) is 25.7. The summed E-state index contributed by atoms with van der Waals surface area (Å²) in [6.45, 7) is 2.29. The van der Waals surface area contributed by atoms with Crippen LogP contribution in [0.3, 0.4) is 0 Å². The van der Waals surface area contributed by atoms with Crippen LogP contribution in [0.25, 0.3) is 22.6 Å². The summed E-state index contributed by atoms with van der Waals surface area (Å²) in [6, 6.07) is 3.41. The molecule has 15 heteroatoms. The van der Waals surface area contributed by atoms with Gasteiger partial charge in [0.2, 0.25) is 0 Å². The van der Waals surface area contributed by atoms with Gasteiger partial charge in [0.05, 0.1) is 24.2 Å². The molecule has 2 heterocycles. The summed E-state index contributed by atoms with van der Waals surface area (Å²) in [7, 11) is -4.89. The number of phosphoric ester groups is 1. The molecule has 0 saturated carbocycles. The fourth-order valence-electron chi connectivity index (χ4n) is 3.06. The number of aliphatic hydroxyl groups excluding tert-OH is 3. The van der Waals surface area contributed by atoms with Crippen LogP contribution in [0.4, 0.5) is 0 Å². The van der Waals surface area contributed by atoms with Crippen molar-refractivity contribution in [3.63, 3.8) is 0 Å².